The van der Waals surface area contributed by atoms with E-state index in [9.17, 15) is 10.1 Å². The van der Waals surface area contributed by atoms with Crippen LogP contribution in [0, 0.1) is 10.1 Å². The van der Waals surface area contributed by atoms with Gasteiger partial charge in [-0.25, -0.2) is 4.98 Å². The van der Waals surface area contributed by atoms with Crippen LogP contribution in [0.4, 0.5) is 11.5 Å². The van der Waals surface area contributed by atoms with E-state index in [2.05, 4.69) is 15.3 Å². The predicted molar refractivity (Wildman–Crippen MR) is 60.2 cm³/mol. The SMILES string of the molecule is CNc1ncnc(OCCCOC)c1[N+](=O)[O-]. The maximum atomic E-state index is 10.9. The number of methoxy groups -OCH3 is 1. The van der Waals surface area contributed by atoms with Crippen molar-refractivity contribution in [3.05, 3.63) is 16.4 Å². The summed E-state index contributed by atoms with van der Waals surface area (Å²) in [7, 11) is 3.12. The van der Waals surface area contributed by atoms with Gasteiger partial charge < -0.3 is 14.8 Å². The number of nitrogens with zero attached hydrogens (tertiary/aromatic N) is 3. The highest BCUT2D eigenvalue weighted by Crippen LogP contribution is 2.30. The van der Waals surface area contributed by atoms with Crippen molar-refractivity contribution >= 4 is 11.5 Å². The quantitative estimate of drug-likeness (QED) is 0.429. The first-order valence-corrected chi connectivity index (χ1v) is 4.99. The molecule has 8 nitrogen and oxygen atoms in total. The lowest BCUT2D eigenvalue weighted by molar-refractivity contribution is -0.385. The minimum Gasteiger partial charge on any atom is -0.473 e. The van der Waals surface area contributed by atoms with Crippen LogP contribution in [0.3, 0.4) is 0 Å². The lowest BCUT2D eigenvalue weighted by Crippen LogP contribution is -2.07. The second-order valence-electron chi connectivity index (χ2n) is 3.08. The largest absolute Gasteiger partial charge is 0.473 e. The van der Waals surface area contributed by atoms with Crippen LogP contribution in [0.15, 0.2) is 6.33 Å². The average Bonchev–Trinajstić information content (AvgIpc) is 2.33. The molecule has 0 spiro atoms. The molecule has 0 aliphatic rings. The second kappa shape index (κ2) is 6.59. The van der Waals surface area contributed by atoms with E-state index in [0.717, 1.165) is 0 Å². The molecule has 1 rings (SSSR count). The van der Waals surface area contributed by atoms with Gasteiger partial charge in [0.25, 0.3) is 5.88 Å². The Kier molecular flexibility index (Phi) is 5.08. The van der Waals surface area contributed by atoms with Crippen molar-refractivity contribution < 1.29 is 14.4 Å². The smallest absolute Gasteiger partial charge is 0.372 e. The highest BCUT2D eigenvalue weighted by molar-refractivity contribution is 5.60. The summed E-state index contributed by atoms with van der Waals surface area (Å²) < 4.78 is 10.1. The van der Waals surface area contributed by atoms with Gasteiger partial charge >= 0.3 is 5.69 Å². The lowest BCUT2D eigenvalue weighted by atomic mass is 10.4. The normalized spacial score (nSPS) is 10.0. The Bertz CT molecular complexity index is 385. The standard InChI is InChI=1S/C9H14N4O4/c1-10-8-7(13(14)15)9(12-6-11-8)17-5-3-4-16-2/h6H,3-5H2,1-2H3,(H,10,11,12). The van der Waals surface area contributed by atoms with Gasteiger partial charge in [-0.2, -0.15) is 4.98 Å². The van der Waals surface area contributed by atoms with E-state index in [0.29, 0.717) is 19.6 Å². The van der Waals surface area contributed by atoms with Crippen LogP contribution < -0.4 is 10.1 Å². The molecule has 0 unspecified atom stereocenters. The van der Waals surface area contributed by atoms with Crippen LogP contribution in [0.25, 0.3) is 0 Å². The third-order valence-electron chi connectivity index (χ3n) is 1.94. The Morgan fingerprint density at radius 2 is 2.24 bits per heavy atom. The van der Waals surface area contributed by atoms with Gasteiger partial charge in [0.1, 0.15) is 6.33 Å². The topological polar surface area (TPSA) is 99.4 Å². The Labute approximate surface area is 98.1 Å². The summed E-state index contributed by atoms with van der Waals surface area (Å²) >= 11 is 0. The van der Waals surface area contributed by atoms with E-state index >= 15 is 0 Å². The molecule has 0 aliphatic carbocycles. The number of hydrogen-bond donors (Lipinski definition) is 1. The van der Waals surface area contributed by atoms with Gasteiger partial charge in [0.2, 0.25) is 5.82 Å². The number of nitro groups is 1. The summed E-state index contributed by atoms with van der Waals surface area (Å²) in [5.41, 5.74) is -0.257. The maximum absolute atomic E-state index is 10.9. The van der Waals surface area contributed by atoms with Gasteiger partial charge in [-0.3, -0.25) is 10.1 Å². The molecule has 0 aromatic carbocycles. The minimum absolute atomic E-state index is 0.0366. The highest BCUT2D eigenvalue weighted by Gasteiger charge is 2.23. The second-order valence-corrected chi connectivity index (χ2v) is 3.08. The van der Waals surface area contributed by atoms with Crippen LogP contribution in [-0.2, 0) is 4.74 Å². The van der Waals surface area contributed by atoms with E-state index in [1.54, 1.807) is 14.2 Å². The first-order valence-electron chi connectivity index (χ1n) is 4.99. The van der Waals surface area contributed by atoms with Crippen LogP contribution in [0.2, 0.25) is 0 Å². The van der Waals surface area contributed by atoms with Gasteiger partial charge in [0, 0.05) is 27.2 Å². The van der Waals surface area contributed by atoms with E-state index < -0.39 is 4.92 Å². The number of hydrogen-bond acceptors (Lipinski definition) is 7. The van der Waals surface area contributed by atoms with Crippen LogP contribution >= 0.6 is 0 Å². The number of nitrogens with one attached hydrogen (secondary N) is 1. The molecule has 1 heterocycles. The first kappa shape index (κ1) is 13.1. The molecule has 0 saturated heterocycles. The number of rotatable bonds is 7. The van der Waals surface area contributed by atoms with Gasteiger partial charge in [-0.15, -0.1) is 0 Å². The molecule has 1 aromatic heterocycles. The zero-order valence-corrected chi connectivity index (χ0v) is 9.67. The molecule has 0 saturated carbocycles. The van der Waals surface area contributed by atoms with Gasteiger partial charge in [-0.1, -0.05) is 0 Å². The summed E-state index contributed by atoms with van der Waals surface area (Å²) in [4.78, 5) is 17.8. The molecule has 0 atom stereocenters. The molecular weight excluding hydrogens is 228 g/mol. The first-order chi connectivity index (χ1) is 8.20. The number of ether oxygens (including phenoxy) is 2. The summed E-state index contributed by atoms with van der Waals surface area (Å²) in [6, 6.07) is 0. The molecule has 0 bridgehead atoms. The molecule has 17 heavy (non-hydrogen) atoms. The Hall–Kier alpha value is -1.96. The van der Waals surface area contributed by atoms with E-state index in [1.165, 1.54) is 6.33 Å². The van der Waals surface area contributed by atoms with Gasteiger partial charge in [0.05, 0.1) is 11.5 Å². The molecule has 0 aliphatic heterocycles. The monoisotopic (exact) mass is 242 g/mol. The van der Waals surface area contributed by atoms with Crippen LogP contribution in [-0.4, -0.2) is 42.3 Å². The van der Waals surface area contributed by atoms with E-state index in [1.807, 2.05) is 0 Å². The zero-order valence-electron chi connectivity index (χ0n) is 9.67. The van der Waals surface area contributed by atoms with Gasteiger partial charge in [0.15, 0.2) is 0 Å². The zero-order chi connectivity index (χ0) is 12.7. The van der Waals surface area contributed by atoms with Gasteiger partial charge in [-0.05, 0) is 0 Å². The third kappa shape index (κ3) is 3.52. The summed E-state index contributed by atoms with van der Waals surface area (Å²) in [6.07, 6.45) is 1.84. The summed E-state index contributed by atoms with van der Waals surface area (Å²) in [6.45, 7) is 0.826. The molecule has 0 amide bonds. The van der Waals surface area contributed by atoms with E-state index in [-0.39, 0.29) is 17.4 Å². The molecule has 0 fully saturated rings. The Morgan fingerprint density at radius 1 is 1.47 bits per heavy atom. The van der Waals surface area contributed by atoms with Crippen LogP contribution in [0.5, 0.6) is 5.88 Å². The highest BCUT2D eigenvalue weighted by atomic mass is 16.6. The minimum atomic E-state index is -0.572. The molecule has 94 valence electrons. The maximum Gasteiger partial charge on any atom is 0.372 e. The third-order valence-corrected chi connectivity index (χ3v) is 1.94. The molecular formula is C9H14N4O4. The van der Waals surface area contributed by atoms with E-state index in [4.69, 9.17) is 9.47 Å². The predicted octanol–water partition coefficient (Wildman–Crippen LogP) is 0.842. The Morgan fingerprint density at radius 3 is 2.82 bits per heavy atom. The van der Waals surface area contributed by atoms with Crippen molar-refractivity contribution in [1.29, 1.82) is 0 Å². The fraction of sp³-hybridized carbons (Fsp3) is 0.556. The van der Waals surface area contributed by atoms with Crippen molar-refractivity contribution in [2.45, 2.75) is 6.42 Å². The molecule has 0 radical (unpaired) electrons. The Balaban J connectivity index is 2.79. The van der Waals surface area contributed by atoms with Crippen LogP contribution in [0.1, 0.15) is 6.42 Å². The number of anilines is 1. The molecule has 8 heteroatoms. The fourth-order valence-corrected chi connectivity index (χ4v) is 1.19. The molecule has 1 aromatic rings. The average molecular weight is 242 g/mol. The van der Waals surface area contributed by atoms with Crippen molar-refractivity contribution in [2.75, 3.05) is 32.7 Å². The fourth-order valence-electron chi connectivity index (χ4n) is 1.19. The number of aromatic nitrogens is 2. The van der Waals surface area contributed by atoms with Crippen molar-refractivity contribution in [2.24, 2.45) is 0 Å². The summed E-state index contributed by atoms with van der Waals surface area (Å²) in [5, 5.41) is 13.5. The van der Waals surface area contributed by atoms with Crippen molar-refractivity contribution in [1.82, 2.24) is 9.97 Å². The van der Waals surface area contributed by atoms with Crippen molar-refractivity contribution in [3.63, 3.8) is 0 Å². The summed E-state index contributed by atoms with van der Waals surface area (Å²) in [5.74, 6) is 0.0946. The molecule has 1 N–H and O–H groups in total. The lowest BCUT2D eigenvalue weighted by Gasteiger charge is -2.07. The van der Waals surface area contributed by atoms with Crippen molar-refractivity contribution in [3.8, 4) is 5.88 Å².